The van der Waals surface area contributed by atoms with Crippen molar-refractivity contribution in [1.82, 2.24) is 4.90 Å². The summed E-state index contributed by atoms with van der Waals surface area (Å²) in [6.07, 6.45) is 4.09. The summed E-state index contributed by atoms with van der Waals surface area (Å²) in [6.45, 7) is 1.41. The molecule has 114 valence electrons. The highest BCUT2D eigenvalue weighted by atomic mass is 16.5. The average Bonchev–Trinajstić information content (AvgIpc) is 3.03. The van der Waals surface area contributed by atoms with E-state index >= 15 is 0 Å². The Morgan fingerprint density at radius 3 is 2.76 bits per heavy atom. The lowest BCUT2D eigenvalue weighted by Crippen LogP contribution is -2.38. The van der Waals surface area contributed by atoms with Gasteiger partial charge in [0.2, 0.25) is 0 Å². The van der Waals surface area contributed by atoms with Crippen LogP contribution in [0.5, 0.6) is 5.75 Å². The zero-order valence-corrected chi connectivity index (χ0v) is 12.8. The van der Waals surface area contributed by atoms with E-state index in [1.807, 2.05) is 31.3 Å². The highest BCUT2D eigenvalue weighted by Gasteiger charge is 2.32. The van der Waals surface area contributed by atoms with Crippen molar-refractivity contribution in [1.29, 1.82) is 0 Å². The lowest BCUT2D eigenvalue weighted by atomic mass is 10.0. The number of methoxy groups -OCH3 is 1. The molecule has 1 aromatic heterocycles. The maximum absolute atomic E-state index is 10.5. The molecule has 0 bridgehead atoms. The van der Waals surface area contributed by atoms with Gasteiger partial charge in [0, 0.05) is 11.9 Å². The fourth-order valence-electron chi connectivity index (χ4n) is 3.30. The molecule has 0 spiro atoms. The summed E-state index contributed by atoms with van der Waals surface area (Å²) in [5, 5.41) is 11.5. The predicted octanol–water partition coefficient (Wildman–Crippen LogP) is 3.18. The van der Waals surface area contributed by atoms with Crippen LogP contribution in [0.15, 0.2) is 28.7 Å². The minimum atomic E-state index is -0.510. The Morgan fingerprint density at radius 1 is 1.29 bits per heavy atom. The lowest BCUT2D eigenvalue weighted by molar-refractivity contribution is 0.0133. The Balaban J connectivity index is 1.69. The largest absolute Gasteiger partial charge is 0.497 e. The van der Waals surface area contributed by atoms with Crippen LogP contribution >= 0.6 is 0 Å². The molecule has 0 aliphatic heterocycles. The number of ether oxygens (including phenoxy) is 1. The second-order valence-corrected chi connectivity index (χ2v) is 6.22. The second kappa shape index (κ2) is 5.70. The highest BCUT2D eigenvalue weighted by molar-refractivity contribution is 5.79. The minimum absolute atomic E-state index is 0.510. The highest BCUT2D eigenvalue weighted by Crippen LogP contribution is 2.30. The zero-order valence-electron chi connectivity index (χ0n) is 12.8. The van der Waals surface area contributed by atoms with Gasteiger partial charge in [-0.3, -0.25) is 4.90 Å². The van der Waals surface area contributed by atoms with Crippen molar-refractivity contribution in [2.45, 2.75) is 37.8 Å². The number of furan rings is 1. The molecule has 1 N–H and O–H groups in total. The van der Waals surface area contributed by atoms with Crippen LogP contribution in [0.4, 0.5) is 0 Å². The molecule has 21 heavy (non-hydrogen) atoms. The van der Waals surface area contributed by atoms with E-state index in [0.29, 0.717) is 13.1 Å². The summed E-state index contributed by atoms with van der Waals surface area (Å²) in [7, 11) is 3.70. The van der Waals surface area contributed by atoms with Gasteiger partial charge in [0.15, 0.2) is 0 Å². The summed E-state index contributed by atoms with van der Waals surface area (Å²) < 4.78 is 11.1. The van der Waals surface area contributed by atoms with Crippen molar-refractivity contribution in [3.63, 3.8) is 0 Å². The molecule has 0 unspecified atom stereocenters. The van der Waals surface area contributed by atoms with E-state index in [1.54, 1.807) is 7.11 Å². The first kappa shape index (κ1) is 14.4. The molecule has 0 saturated heterocycles. The van der Waals surface area contributed by atoms with Crippen LogP contribution in [0.25, 0.3) is 11.0 Å². The van der Waals surface area contributed by atoms with Gasteiger partial charge < -0.3 is 14.3 Å². The number of benzene rings is 1. The summed E-state index contributed by atoms with van der Waals surface area (Å²) >= 11 is 0. The quantitative estimate of drug-likeness (QED) is 0.918. The average molecular weight is 289 g/mol. The third kappa shape index (κ3) is 3.22. The first-order valence-corrected chi connectivity index (χ1v) is 7.55. The van der Waals surface area contributed by atoms with Crippen LogP contribution in [0, 0.1) is 0 Å². The Morgan fingerprint density at radius 2 is 2.05 bits per heavy atom. The molecule has 1 heterocycles. The fraction of sp³-hybridized carbons (Fsp3) is 0.529. The van der Waals surface area contributed by atoms with Crippen LogP contribution < -0.4 is 4.74 Å². The normalized spacial score (nSPS) is 17.7. The maximum atomic E-state index is 10.5. The van der Waals surface area contributed by atoms with Crippen LogP contribution in [-0.4, -0.2) is 36.3 Å². The van der Waals surface area contributed by atoms with Crippen molar-refractivity contribution < 1.29 is 14.3 Å². The monoisotopic (exact) mass is 289 g/mol. The summed E-state index contributed by atoms with van der Waals surface area (Å²) in [4.78, 5) is 2.14. The number of hydrogen-bond acceptors (Lipinski definition) is 4. The van der Waals surface area contributed by atoms with Crippen molar-refractivity contribution in [3.8, 4) is 5.75 Å². The van der Waals surface area contributed by atoms with Gasteiger partial charge in [-0.2, -0.15) is 0 Å². The van der Waals surface area contributed by atoms with Gasteiger partial charge >= 0.3 is 0 Å². The lowest BCUT2D eigenvalue weighted by Gasteiger charge is -2.27. The predicted molar refractivity (Wildman–Crippen MR) is 82.5 cm³/mol. The molecule has 0 radical (unpaired) electrons. The van der Waals surface area contributed by atoms with Crippen molar-refractivity contribution >= 4 is 11.0 Å². The minimum Gasteiger partial charge on any atom is -0.497 e. The molecular weight excluding hydrogens is 266 g/mol. The van der Waals surface area contributed by atoms with Gasteiger partial charge in [-0.25, -0.2) is 0 Å². The van der Waals surface area contributed by atoms with Crippen molar-refractivity contribution in [2.75, 3.05) is 20.7 Å². The molecule has 0 amide bonds. The fourth-order valence-corrected chi connectivity index (χ4v) is 3.30. The van der Waals surface area contributed by atoms with Gasteiger partial charge in [-0.05, 0) is 44.2 Å². The Labute approximate surface area is 125 Å². The number of likely N-dealkylation sites (N-methyl/N-ethyl adjacent to an activating group) is 1. The molecular formula is C17H23NO3. The third-order valence-corrected chi connectivity index (χ3v) is 4.30. The number of rotatable bonds is 5. The van der Waals surface area contributed by atoms with Gasteiger partial charge in [0.25, 0.3) is 0 Å². The van der Waals surface area contributed by atoms with Crippen LogP contribution in [-0.2, 0) is 6.54 Å². The van der Waals surface area contributed by atoms with E-state index in [0.717, 1.165) is 48.2 Å². The third-order valence-electron chi connectivity index (χ3n) is 4.30. The van der Waals surface area contributed by atoms with E-state index in [4.69, 9.17) is 9.15 Å². The summed E-state index contributed by atoms with van der Waals surface area (Å²) in [5.41, 5.74) is 0.364. The Kier molecular flexibility index (Phi) is 3.91. The summed E-state index contributed by atoms with van der Waals surface area (Å²) in [6, 6.07) is 7.86. The first-order chi connectivity index (χ1) is 10.1. The van der Waals surface area contributed by atoms with Crippen LogP contribution in [0.2, 0.25) is 0 Å². The van der Waals surface area contributed by atoms with E-state index in [1.165, 1.54) is 0 Å². The molecule has 1 aliphatic carbocycles. The van der Waals surface area contributed by atoms with Gasteiger partial charge in [0.05, 0.1) is 19.3 Å². The van der Waals surface area contributed by atoms with E-state index in [9.17, 15) is 5.11 Å². The van der Waals surface area contributed by atoms with E-state index in [2.05, 4.69) is 4.90 Å². The number of fused-ring (bicyclic) bond motifs is 1. The zero-order chi connectivity index (χ0) is 14.9. The molecule has 1 aromatic carbocycles. The SMILES string of the molecule is COc1ccc2oc(CN(C)CC3(O)CCCC3)cc2c1. The maximum Gasteiger partial charge on any atom is 0.134 e. The van der Waals surface area contributed by atoms with Gasteiger partial charge in [-0.1, -0.05) is 12.8 Å². The van der Waals surface area contributed by atoms with Crippen LogP contribution in [0.1, 0.15) is 31.4 Å². The van der Waals surface area contributed by atoms with Crippen molar-refractivity contribution in [3.05, 3.63) is 30.0 Å². The first-order valence-electron chi connectivity index (χ1n) is 7.55. The van der Waals surface area contributed by atoms with E-state index in [-0.39, 0.29) is 0 Å². The van der Waals surface area contributed by atoms with Gasteiger partial charge in [-0.15, -0.1) is 0 Å². The standard InChI is InChI=1S/C17H23NO3/c1-18(12-17(19)7-3-4-8-17)11-15-10-13-9-14(20-2)5-6-16(13)21-15/h5-6,9-10,19H,3-4,7-8,11-12H2,1-2H3. The molecule has 1 saturated carbocycles. The Bertz CT molecular complexity index is 614. The molecule has 4 nitrogen and oxygen atoms in total. The second-order valence-electron chi connectivity index (χ2n) is 6.22. The van der Waals surface area contributed by atoms with Crippen molar-refractivity contribution in [2.24, 2.45) is 0 Å². The molecule has 0 atom stereocenters. The molecule has 1 aliphatic rings. The Hall–Kier alpha value is -1.52. The molecule has 2 aromatic rings. The topological polar surface area (TPSA) is 45.8 Å². The number of hydrogen-bond donors (Lipinski definition) is 1. The van der Waals surface area contributed by atoms with Gasteiger partial charge in [0.1, 0.15) is 17.1 Å². The number of nitrogens with zero attached hydrogens (tertiary/aromatic N) is 1. The molecule has 1 fully saturated rings. The summed E-state index contributed by atoms with van der Waals surface area (Å²) in [5.74, 6) is 1.76. The molecule has 3 rings (SSSR count). The number of aliphatic hydroxyl groups is 1. The van der Waals surface area contributed by atoms with E-state index < -0.39 is 5.60 Å². The smallest absolute Gasteiger partial charge is 0.134 e. The molecule has 4 heteroatoms. The van der Waals surface area contributed by atoms with Crippen LogP contribution in [0.3, 0.4) is 0 Å².